The molecular formula is C19H15N3O4. The van der Waals surface area contributed by atoms with Gasteiger partial charge in [-0.05, 0) is 31.2 Å². The molecule has 0 spiro atoms. The van der Waals surface area contributed by atoms with E-state index in [9.17, 15) is 4.79 Å². The van der Waals surface area contributed by atoms with Crippen molar-refractivity contribution < 1.29 is 18.4 Å². The van der Waals surface area contributed by atoms with Crippen LogP contribution in [0.1, 0.15) is 17.3 Å². The SMILES string of the molecule is CCOc1cccc2cc(-c3nnc(NC(=O)c4ccccc4)o3)oc12. The average molecular weight is 349 g/mol. The Labute approximate surface area is 148 Å². The predicted molar refractivity (Wildman–Crippen MR) is 95.1 cm³/mol. The number of aromatic nitrogens is 2. The number of hydrogen-bond donors (Lipinski definition) is 1. The van der Waals surface area contributed by atoms with Crippen molar-refractivity contribution in [1.82, 2.24) is 10.2 Å². The highest BCUT2D eigenvalue weighted by Gasteiger charge is 2.17. The van der Waals surface area contributed by atoms with Crippen LogP contribution >= 0.6 is 0 Å². The van der Waals surface area contributed by atoms with Gasteiger partial charge in [0.1, 0.15) is 0 Å². The van der Waals surface area contributed by atoms with E-state index >= 15 is 0 Å². The number of carbonyl (C=O) groups is 1. The van der Waals surface area contributed by atoms with Crippen molar-refractivity contribution in [3.63, 3.8) is 0 Å². The lowest BCUT2D eigenvalue weighted by Crippen LogP contribution is -2.11. The van der Waals surface area contributed by atoms with E-state index in [-0.39, 0.29) is 17.8 Å². The van der Waals surface area contributed by atoms with Gasteiger partial charge in [-0.15, -0.1) is 5.10 Å². The quantitative estimate of drug-likeness (QED) is 0.582. The molecule has 1 N–H and O–H groups in total. The van der Waals surface area contributed by atoms with Crippen molar-refractivity contribution in [3.8, 4) is 17.4 Å². The maximum atomic E-state index is 12.1. The lowest BCUT2D eigenvalue weighted by Gasteiger charge is -2.01. The minimum Gasteiger partial charge on any atom is -0.490 e. The summed E-state index contributed by atoms with van der Waals surface area (Å²) >= 11 is 0. The molecule has 7 nitrogen and oxygen atoms in total. The molecule has 0 aliphatic rings. The van der Waals surface area contributed by atoms with Gasteiger partial charge < -0.3 is 13.6 Å². The Morgan fingerprint density at radius 3 is 2.73 bits per heavy atom. The Morgan fingerprint density at radius 2 is 1.92 bits per heavy atom. The molecule has 130 valence electrons. The standard InChI is InChI=1S/C19H15N3O4/c1-2-24-14-10-6-9-13-11-15(25-16(13)14)18-21-22-19(26-18)20-17(23)12-7-4-3-5-8-12/h3-11H,2H2,1H3,(H,20,22,23). The van der Waals surface area contributed by atoms with Gasteiger partial charge >= 0.3 is 6.01 Å². The highest BCUT2D eigenvalue weighted by atomic mass is 16.5. The van der Waals surface area contributed by atoms with E-state index in [1.807, 2.05) is 31.2 Å². The largest absolute Gasteiger partial charge is 0.490 e. The van der Waals surface area contributed by atoms with Crippen LogP contribution in [0, 0.1) is 0 Å². The normalized spacial score (nSPS) is 10.8. The summed E-state index contributed by atoms with van der Waals surface area (Å²) in [4.78, 5) is 12.1. The van der Waals surface area contributed by atoms with Crippen LogP contribution in [-0.2, 0) is 0 Å². The predicted octanol–water partition coefficient (Wildman–Crippen LogP) is 4.13. The van der Waals surface area contributed by atoms with E-state index in [4.69, 9.17) is 13.6 Å². The van der Waals surface area contributed by atoms with Crippen molar-refractivity contribution in [2.75, 3.05) is 11.9 Å². The Bertz CT molecular complexity index is 1050. The third kappa shape index (κ3) is 3.02. The number of nitrogens with zero attached hydrogens (tertiary/aromatic N) is 2. The molecule has 0 atom stereocenters. The summed E-state index contributed by atoms with van der Waals surface area (Å²) in [6.07, 6.45) is 0. The summed E-state index contributed by atoms with van der Waals surface area (Å²) in [6.45, 7) is 2.44. The first kappa shape index (κ1) is 15.9. The number of benzene rings is 2. The number of ether oxygens (including phenoxy) is 1. The number of fused-ring (bicyclic) bond motifs is 1. The van der Waals surface area contributed by atoms with Gasteiger partial charge in [-0.2, -0.15) is 0 Å². The molecule has 7 heteroatoms. The zero-order chi connectivity index (χ0) is 17.9. The Balaban J connectivity index is 1.59. The third-order valence-electron chi connectivity index (χ3n) is 3.70. The molecule has 0 aliphatic heterocycles. The number of furan rings is 1. The number of anilines is 1. The van der Waals surface area contributed by atoms with Crippen molar-refractivity contribution >= 4 is 22.9 Å². The minimum absolute atomic E-state index is 0.000610. The fraction of sp³-hybridized carbons (Fsp3) is 0.105. The van der Waals surface area contributed by atoms with Gasteiger partial charge in [0.2, 0.25) is 0 Å². The van der Waals surface area contributed by atoms with Gasteiger partial charge in [-0.3, -0.25) is 10.1 Å². The molecule has 26 heavy (non-hydrogen) atoms. The summed E-state index contributed by atoms with van der Waals surface area (Å²) in [5, 5.41) is 11.2. The van der Waals surface area contributed by atoms with Crippen LogP contribution in [0.25, 0.3) is 22.6 Å². The van der Waals surface area contributed by atoms with E-state index in [1.54, 1.807) is 30.3 Å². The van der Waals surface area contributed by atoms with Gasteiger partial charge in [-0.25, -0.2) is 0 Å². The smallest absolute Gasteiger partial charge is 0.322 e. The Morgan fingerprint density at radius 1 is 1.08 bits per heavy atom. The topological polar surface area (TPSA) is 90.4 Å². The summed E-state index contributed by atoms with van der Waals surface area (Å²) in [5.41, 5.74) is 1.11. The molecule has 0 fully saturated rings. The van der Waals surface area contributed by atoms with Gasteiger partial charge in [-0.1, -0.05) is 35.4 Å². The van der Waals surface area contributed by atoms with Gasteiger partial charge in [0.15, 0.2) is 17.1 Å². The summed E-state index contributed by atoms with van der Waals surface area (Å²) in [7, 11) is 0. The number of para-hydroxylation sites is 1. The third-order valence-corrected chi connectivity index (χ3v) is 3.70. The minimum atomic E-state index is -0.330. The molecule has 0 saturated heterocycles. The fourth-order valence-corrected chi connectivity index (χ4v) is 2.54. The lowest BCUT2D eigenvalue weighted by atomic mass is 10.2. The molecule has 2 heterocycles. The second kappa shape index (κ2) is 6.72. The van der Waals surface area contributed by atoms with Crippen molar-refractivity contribution in [2.45, 2.75) is 6.92 Å². The second-order valence-corrected chi connectivity index (χ2v) is 5.45. The molecular weight excluding hydrogens is 334 g/mol. The highest BCUT2D eigenvalue weighted by Crippen LogP contribution is 2.33. The zero-order valence-electron chi connectivity index (χ0n) is 13.9. The summed E-state index contributed by atoms with van der Waals surface area (Å²) < 4.78 is 16.9. The maximum Gasteiger partial charge on any atom is 0.322 e. The van der Waals surface area contributed by atoms with E-state index < -0.39 is 0 Å². The molecule has 0 unspecified atom stereocenters. The molecule has 4 aromatic rings. The van der Waals surface area contributed by atoms with Gasteiger partial charge in [0, 0.05) is 10.9 Å². The highest BCUT2D eigenvalue weighted by molar-refractivity contribution is 6.03. The first-order valence-electron chi connectivity index (χ1n) is 8.10. The molecule has 0 radical (unpaired) electrons. The van der Waals surface area contributed by atoms with Crippen LogP contribution in [0.3, 0.4) is 0 Å². The molecule has 2 aromatic heterocycles. The van der Waals surface area contributed by atoms with E-state index in [0.717, 1.165) is 5.39 Å². The lowest BCUT2D eigenvalue weighted by molar-refractivity contribution is 0.102. The Hall–Kier alpha value is -3.61. The van der Waals surface area contributed by atoms with Crippen LogP contribution in [0.5, 0.6) is 5.75 Å². The molecule has 1 amide bonds. The fourth-order valence-electron chi connectivity index (χ4n) is 2.54. The number of carbonyl (C=O) groups excluding carboxylic acids is 1. The first-order valence-corrected chi connectivity index (χ1v) is 8.10. The van der Waals surface area contributed by atoms with E-state index in [0.29, 0.717) is 29.3 Å². The molecule has 0 saturated carbocycles. The van der Waals surface area contributed by atoms with Gasteiger partial charge in [0.25, 0.3) is 11.8 Å². The van der Waals surface area contributed by atoms with Crippen LogP contribution in [0.4, 0.5) is 6.01 Å². The monoisotopic (exact) mass is 349 g/mol. The van der Waals surface area contributed by atoms with Crippen molar-refractivity contribution in [2.24, 2.45) is 0 Å². The summed E-state index contributed by atoms with van der Waals surface area (Å²) in [5.74, 6) is 0.893. The zero-order valence-corrected chi connectivity index (χ0v) is 13.9. The van der Waals surface area contributed by atoms with Crippen LogP contribution in [-0.4, -0.2) is 22.7 Å². The molecule has 0 aliphatic carbocycles. The second-order valence-electron chi connectivity index (χ2n) is 5.45. The Kier molecular flexibility index (Phi) is 4.10. The van der Waals surface area contributed by atoms with E-state index in [2.05, 4.69) is 15.5 Å². The average Bonchev–Trinajstić information content (AvgIpc) is 3.30. The van der Waals surface area contributed by atoms with Crippen molar-refractivity contribution in [3.05, 3.63) is 60.2 Å². The van der Waals surface area contributed by atoms with E-state index in [1.165, 1.54) is 0 Å². The number of rotatable bonds is 5. The summed E-state index contributed by atoms with van der Waals surface area (Å²) in [6, 6.07) is 16.2. The number of amides is 1. The van der Waals surface area contributed by atoms with Crippen molar-refractivity contribution in [1.29, 1.82) is 0 Å². The number of hydrogen-bond acceptors (Lipinski definition) is 6. The maximum absolute atomic E-state index is 12.1. The first-order chi connectivity index (χ1) is 12.7. The van der Waals surface area contributed by atoms with Gasteiger partial charge in [0.05, 0.1) is 6.61 Å². The van der Waals surface area contributed by atoms with Crippen LogP contribution in [0.15, 0.2) is 63.4 Å². The molecule has 2 aromatic carbocycles. The van der Waals surface area contributed by atoms with Crippen LogP contribution in [0.2, 0.25) is 0 Å². The molecule has 4 rings (SSSR count). The van der Waals surface area contributed by atoms with Crippen LogP contribution < -0.4 is 10.1 Å². The number of nitrogens with one attached hydrogen (secondary N) is 1. The molecule has 0 bridgehead atoms.